The van der Waals surface area contributed by atoms with Crippen LogP contribution in [-0.2, 0) is 0 Å². The van der Waals surface area contributed by atoms with Crippen LogP contribution in [0.3, 0.4) is 0 Å². The summed E-state index contributed by atoms with van der Waals surface area (Å²) >= 11 is 0. The second kappa shape index (κ2) is 7.21. The van der Waals surface area contributed by atoms with Crippen molar-refractivity contribution in [3.05, 3.63) is 48.0 Å². The molecule has 132 valence electrons. The molecular formula is C19H21NO5. The van der Waals surface area contributed by atoms with Crippen molar-refractivity contribution in [2.24, 2.45) is 0 Å². The number of nitrogens with one attached hydrogen (secondary N) is 1. The summed E-state index contributed by atoms with van der Waals surface area (Å²) in [4.78, 5) is 0. The minimum Gasteiger partial charge on any atom is -0.486 e. The van der Waals surface area contributed by atoms with E-state index in [1.54, 1.807) is 0 Å². The number of aliphatic hydroxyl groups excluding tert-OH is 1. The molecule has 0 aromatic heterocycles. The summed E-state index contributed by atoms with van der Waals surface area (Å²) in [5.74, 6) is 2.94. The van der Waals surface area contributed by atoms with Gasteiger partial charge in [-0.15, -0.1) is 0 Å². The summed E-state index contributed by atoms with van der Waals surface area (Å²) in [6.07, 6.45) is -0.713. The van der Waals surface area contributed by atoms with E-state index in [0.717, 1.165) is 22.8 Å². The van der Waals surface area contributed by atoms with Gasteiger partial charge in [0.25, 0.3) is 0 Å². The van der Waals surface area contributed by atoms with Gasteiger partial charge in [0.05, 0.1) is 6.10 Å². The highest BCUT2D eigenvalue weighted by atomic mass is 16.6. The van der Waals surface area contributed by atoms with Gasteiger partial charge in [0.2, 0.25) is 0 Å². The zero-order chi connectivity index (χ0) is 17.1. The maximum atomic E-state index is 10.4. The highest BCUT2D eigenvalue weighted by molar-refractivity contribution is 5.44. The smallest absolute Gasteiger partial charge is 0.161 e. The number of hydrogen-bond acceptors (Lipinski definition) is 6. The zero-order valence-corrected chi connectivity index (χ0v) is 13.8. The van der Waals surface area contributed by atoms with Gasteiger partial charge in [-0.25, -0.2) is 0 Å². The van der Waals surface area contributed by atoms with E-state index < -0.39 is 6.10 Å². The third-order valence-corrected chi connectivity index (χ3v) is 4.23. The molecule has 4 rings (SSSR count). The van der Waals surface area contributed by atoms with Gasteiger partial charge in [-0.3, -0.25) is 0 Å². The molecule has 2 atom stereocenters. The van der Waals surface area contributed by atoms with Gasteiger partial charge in [0, 0.05) is 13.1 Å². The fraction of sp³-hybridized carbons (Fsp3) is 0.368. The fourth-order valence-corrected chi connectivity index (χ4v) is 2.93. The second-order valence-corrected chi connectivity index (χ2v) is 6.07. The Balaban J connectivity index is 1.29. The van der Waals surface area contributed by atoms with E-state index in [1.165, 1.54) is 0 Å². The minimum atomic E-state index is -0.632. The molecule has 2 heterocycles. The first-order valence-electron chi connectivity index (χ1n) is 8.46. The molecule has 0 saturated carbocycles. The lowest BCUT2D eigenvalue weighted by atomic mass is 10.1. The summed E-state index contributed by atoms with van der Waals surface area (Å²) in [6.45, 7) is 2.59. The number of hydrogen-bond donors (Lipinski definition) is 2. The lowest BCUT2D eigenvalue weighted by Crippen LogP contribution is -2.39. The summed E-state index contributed by atoms with van der Waals surface area (Å²) in [5.41, 5.74) is 0.794. The molecule has 0 amide bonds. The Morgan fingerprint density at radius 1 is 0.960 bits per heavy atom. The van der Waals surface area contributed by atoms with Gasteiger partial charge in [-0.1, -0.05) is 18.2 Å². The highest BCUT2D eigenvalue weighted by Gasteiger charge is 2.21. The molecular weight excluding hydrogens is 322 g/mol. The first-order valence-corrected chi connectivity index (χ1v) is 8.46. The molecule has 25 heavy (non-hydrogen) atoms. The Morgan fingerprint density at radius 3 is 2.60 bits per heavy atom. The van der Waals surface area contributed by atoms with Crippen LogP contribution in [0.25, 0.3) is 0 Å². The van der Waals surface area contributed by atoms with Gasteiger partial charge in [-0.2, -0.15) is 0 Å². The topological polar surface area (TPSA) is 69.2 Å². The molecule has 2 aromatic rings. The Morgan fingerprint density at radius 2 is 1.72 bits per heavy atom. The minimum absolute atomic E-state index is 0.0811. The van der Waals surface area contributed by atoms with Crippen LogP contribution in [0.5, 0.6) is 23.0 Å². The van der Waals surface area contributed by atoms with E-state index in [9.17, 15) is 5.11 Å². The lowest BCUT2D eigenvalue weighted by molar-refractivity contribution is 0.0858. The predicted molar refractivity (Wildman–Crippen MR) is 91.6 cm³/mol. The van der Waals surface area contributed by atoms with Crippen molar-refractivity contribution < 1.29 is 24.1 Å². The average Bonchev–Trinajstić information content (AvgIpc) is 2.67. The third kappa shape index (κ3) is 3.65. The van der Waals surface area contributed by atoms with Crippen LogP contribution in [0.4, 0.5) is 0 Å². The maximum Gasteiger partial charge on any atom is 0.161 e. The van der Waals surface area contributed by atoms with Crippen LogP contribution in [0, 0.1) is 0 Å². The van der Waals surface area contributed by atoms with Crippen LogP contribution in [-0.4, -0.2) is 44.1 Å². The van der Waals surface area contributed by atoms with Crippen molar-refractivity contribution in [2.75, 3.05) is 32.9 Å². The molecule has 0 spiro atoms. The van der Waals surface area contributed by atoms with E-state index in [-0.39, 0.29) is 6.10 Å². The molecule has 2 aliphatic heterocycles. The van der Waals surface area contributed by atoms with Crippen LogP contribution < -0.4 is 24.3 Å². The van der Waals surface area contributed by atoms with Gasteiger partial charge in [-0.05, 0) is 29.8 Å². The molecule has 0 saturated heterocycles. The molecule has 2 N–H and O–H groups in total. The van der Waals surface area contributed by atoms with Crippen LogP contribution in [0.15, 0.2) is 42.5 Å². The summed E-state index contributed by atoms with van der Waals surface area (Å²) in [6, 6.07) is 13.2. The Kier molecular flexibility index (Phi) is 4.63. The molecule has 2 aromatic carbocycles. The van der Waals surface area contributed by atoms with Crippen LogP contribution in [0.1, 0.15) is 11.7 Å². The monoisotopic (exact) mass is 343 g/mol. The first-order chi connectivity index (χ1) is 12.3. The molecule has 6 nitrogen and oxygen atoms in total. The van der Waals surface area contributed by atoms with E-state index in [2.05, 4.69) is 5.32 Å². The molecule has 2 aliphatic rings. The number of aliphatic hydroxyl groups is 1. The number of para-hydroxylation sites is 2. The van der Waals surface area contributed by atoms with Crippen molar-refractivity contribution in [1.82, 2.24) is 5.32 Å². The standard InChI is InChI=1S/C19H21NO5/c21-15(13-5-6-17-19(9-13)23-8-7-22-17)11-20-10-14-12-24-16-3-1-2-4-18(16)25-14/h1-6,9,14-15,20-21H,7-8,10-12H2. The normalized spacial score (nSPS) is 19.3. The van der Waals surface area contributed by atoms with Gasteiger partial charge in [0.15, 0.2) is 23.0 Å². The maximum absolute atomic E-state index is 10.4. The SMILES string of the molecule is OC(CNCC1COc2ccccc2O1)c1ccc2c(c1)OCCO2. The van der Waals surface area contributed by atoms with Crippen molar-refractivity contribution >= 4 is 0 Å². The summed E-state index contributed by atoms with van der Waals surface area (Å²) in [5, 5.41) is 13.6. The molecule has 2 unspecified atom stereocenters. The zero-order valence-electron chi connectivity index (χ0n) is 13.8. The molecule has 6 heteroatoms. The largest absolute Gasteiger partial charge is 0.486 e. The van der Waals surface area contributed by atoms with Gasteiger partial charge < -0.3 is 29.4 Å². The number of fused-ring (bicyclic) bond motifs is 2. The highest BCUT2D eigenvalue weighted by Crippen LogP contribution is 2.33. The molecule has 0 bridgehead atoms. The quantitative estimate of drug-likeness (QED) is 0.864. The molecule has 0 fully saturated rings. The van der Waals surface area contributed by atoms with Crippen molar-refractivity contribution in [3.8, 4) is 23.0 Å². The second-order valence-electron chi connectivity index (χ2n) is 6.07. The average molecular weight is 343 g/mol. The summed E-state index contributed by atoms with van der Waals surface area (Å²) < 4.78 is 22.6. The van der Waals surface area contributed by atoms with E-state index in [4.69, 9.17) is 18.9 Å². The fourth-order valence-electron chi connectivity index (χ4n) is 2.93. The predicted octanol–water partition coefficient (Wildman–Crippen LogP) is 1.92. The van der Waals surface area contributed by atoms with Crippen LogP contribution in [0.2, 0.25) is 0 Å². The number of rotatable bonds is 5. The first kappa shape index (κ1) is 16.1. The Bertz CT molecular complexity index is 736. The number of ether oxygens (including phenoxy) is 4. The van der Waals surface area contributed by atoms with Gasteiger partial charge in [0.1, 0.15) is 25.9 Å². The Hall–Kier alpha value is -2.44. The van der Waals surface area contributed by atoms with E-state index in [1.807, 2.05) is 42.5 Å². The van der Waals surface area contributed by atoms with E-state index in [0.29, 0.717) is 38.7 Å². The van der Waals surface area contributed by atoms with Crippen LogP contribution >= 0.6 is 0 Å². The lowest BCUT2D eigenvalue weighted by Gasteiger charge is -2.27. The number of benzene rings is 2. The van der Waals surface area contributed by atoms with Crippen molar-refractivity contribution in [1.29, 1.82) is 0 Å². The summed E-state index contributed by atoms with van der Waals surface area (Å²) in [7, 11) is 0. The third-order valence-electron chi connectivity index (χ3n) is 4.23. The van der Waals surface area contributed by atoms with E-state index >= 15 is 0 Å². The van der Waals surface area contributed by atoms with Crippen molar-refractivity contribution in [3.63, 3.8) is 0 Å². The van der Waals surface area contributed by atoms with Crippen molar-refractivity contribution in [2.45, 2.75) is 12.2 Å². The molecule has 0 aliphatic carbocycles. The molecule has 0 radical (unpaired) electrons. The van der Waals surface area contributed by atoms with Gasteiger partial charge >= 0.3 is 0 Å². The Labute approximate surface area is 146 Å².